The van der Waals surface area contributed by atoms with Gasteiger partial charge in [0.1, 0.15) is 0 Å². The molecule has 19 heavy (non-hydrogen) atoms. The van der Waals surface area contributed by atoms with E-state index in [1.54, 1.807) is 0 Å². The molecule has 1 saturated carbocycles. The first-order valence-electron chi connectivity index (χ1n) is 6.13. The van der Waals surface area contributed by atoms with Gasteiger partial charge in [-0.25, -0.2) is 0 Å². The van der Waals surface area contributed by atoms with Gasteiger partial charge in [0.15, 0.2) is 0 Å². The van der Waals surface area contributed by atoms with Gasteiger partial charge >= 0.3 is 6.01 Å². The highest BCUT2D eigenvalue weighted by Crippen LogP contribution is 2.42. The highest BCUT2D eigenvalue weighted by Gasteiger charge is 2.38. The number of rotatable bonds is 4. The second-order valence-corrected chi connectivity index (χ2v) is 4.51. The molecule has 98 valence electrons. The normalized spacial score (nSPS) is 20.9. The average Bonchev–Trinajstić information content (AvgIpc) is 3.18. The van der Waals surface area contributed by atoms with Crippen LogP contribution in [0.3, 0.4) is 0 Å². The summed E-state index contributed by atoms with van der Waals surface area (Å²) >= 11 is 0. The first-order valence-corrected chi connectivity index (χ1v) is 6.13. The van der Waals surface area contributed by atoms with Crippen molar-refractivity contribution in [3.05, 3.63) is 35.9 Å². The van der Waals surface area contributed by atoms with Crippen LogP contribution in [0, 0.1) is 0 Å². The molecule has 1 aliphatic carbocycles. The van der Waals surface area contributed by atoms with Gasteiger partial charge in [-0.1, -0.05) is 30.3 Å². The summed E-state index contributed by atoms with van der Waals surface area (Å²) in [7, 11) is 1.50. The average molecular weight is 257 g/mol. The molecule has 0 aliphatic heterocycles. The monoisotopic (exact) mass is 257 g/mol. The van der Waals surface area contributed by atoms with Gasteiger partial charge in [-0.3, -0.25) is 0 Å². The van der Waals surface area contributed by atoms with Crippen LogP contribution in [0.2, 0.25) is 0 Å². The van der Waals surface area contributed by atoms with Crippen LogP contribution in [0.15, 0.2) is 30.3 Å². The van der Waals surface area contributed by atoms with E-state index in [-0.39, 0.29) is 12.0 Å². The molecule has 2 atom stereocenters. The molecule has 0 spiro atoms. The van der Waals surface area contributed by atoms with Gasteiger partial charge in [0.25, 0.3) is 0 Å². The Morgan fingerprint density at radius 1 is 1.21 bits per heavy atom. The second kappa shape index (κ2) is 4.72. The summed E-state index contributed by atoms with van der Waals surface area (Å²) in [5.41, 5.74) is 6.92. The standard InChI is InChI=1S/C13H15N5O/c1-19-13-17-11(14)16-12(18-13)15-10-7-9(10)8-5-3-2-4-6-8/h2-6,9-10H,7H2,1H3,(H3,14,15,16,17,18). The summed E-state index contributed by atoms with van der Waals surface area (Å²) in [6, 6.07) is 11.0. The SMILES string of the molecule is COc1nc(N)nc(NC2CC2c2ccccc2)n1. The molecule has 1 aliphatic rings. The van der Waals surface area contributed by atoms with Crippen molar-refractivity contribution in [1.29, 1.82) is 0 Å². The molecule has 1 aromatic carbocycles. The Hall–Kier alpha value is -2.37. The van der Waals surface area contributed by atoms with E-state index in [0.29, 0.717) is 17.9 Å². The van der Waals surface area contributed by atoms with Crippen molar-refractivity contribution in [3.63, 3.8) is 0 Å². The molecule has 2 unspecified atom stereocenters. The predicted molar refractivity (Wildman–Crippen MR) is 72.0 cm³/mol. The maximum Gasteiger partial charge on any atom is 0.322 e. The Kier molecular flexibility index (Phi) is 2.91. The van der Waals surface area contributed by atoms with Crippen LogP contribution in [0.5, 0.6) is 6.01 Å². The Labute approximate surface area is 111 Å². The van der Waals surface area contributed by atoms with Crippen molar-refractivity contribution < 1.29 is 4.74 Å². The van der Waals surface area contributed by atoms with Gasteiger partial charge in [0.05, 0.1) is 7.11 Å². The Morgan fingerprint density at radius 3 is 2.74 bits per heavy atom. The maximum atomic E-state index is 5.59. The fraction of sp³-hybridized carbons (Fsp3) is 0.308. The molecule has 1 fully saturated rings. The number of nitrogens with two attached hydrogens (primary N) is 1. The smallest absolute Gasteiger partial charge is 0.322 e. The van der Waals surface area contributed by atoms with Crippen LogP contribution in [0.25, 0.3) is 0 Å². The number of hydrogen-bond acceptors (Lipinski definition) is 6. The van der Waals surface area contributed by atoms with Crippen molar-refractivity contribution in [2.24, 2.45) is 0 Å². The van der Waals surface area contributed by atoms with E-state index in [4.69, 9.17) is 10.5 Å². The van der Waals surface area contributed by atoms with Crippen molar-refractivity contribution >= 4 is 11.9 Å². The Bertz CT molecular complexity index is 575. The van der Waals surface area contributed by atoms with Crippen molar-refractivity contribution in [1.82, 2.24) is 15.0 Å². The topological polar surface area (TPSA) is 86.0 Å². The second-order valence-electron chi connectivity index (χ2n) is 4.51. The molecule has 3 rings (SSSR count). The molecule has 1 heterocycles. The minimum absolute atomic E-state index is 0.159. The number of aromatic nitrogens is 3. The summed E-state index contributed by atoms with van der Waals surface area (Å²) in [6.07, 6.45) is 1.07. The van der Waals surface area contributed by atoms with Crippen molar-refractivity contribution in [2.45, 2.75) is 18.4 Å². The molecule has 6 heteroatoms. The third kappa shape index (κ3) is 2.57. The zero-order chi connectivity index (χ0) is 13.2. The van der Waals surface area contributed by atoms with Gasteiger partial charge in [-0.15, -0.1) is 0 Å². The molecule has 0 bridgehead atoms. The molecular weight excluding hydrogens is 242 g/mol. The number of nitrogens with one attached hydrogen (secondary N) is 1. The van der Waals surface area contributed by atoms with E-state index in [0.717, 1.165) is 6.42 Å². The minimum Gasteiger partial charge on any atom is -0.467 e. The minimum atomic E-state index is 0.159. The molecule has 6 nitrogen and oxygen atoms in total. The van der Waals surface area contributed by atoms with Gasteiger partial charge < -0.3 is 15.8 Å². The lowest BCUT2D eigenvalue weighted by atomic mass is 10.1. The van der Waals surface area contributed by atoms with E-state index >= 15 is 0 Å². The molecule has 2 aromatic rings. The number of nitrogens with zero attached hydrogens (tertiary/aromatic N) is 3. The van der Waals surface area contributed by atoms with E-state index in [2.05, 4.69) is 44.5 Å². The number of nitrogen functional groups attached to an aromatic ring is 1. The molecular formula is C13H15N5O. The lowest BCUT2D eigenvalue weighted by molar-refractivity contribution is 0.379. The largest absolute Gasteiger partial charge is 0.467 e. The van der Waals surface area contributed by atoms with Crippen LogP contribution in [-0.2, 0) is 0 Å². The van der Waals surface area contributed by atoms with Crippen LogP contribution >= 0.6 is 0 Å². The zero-order valence-corrected chi connectivity index (χ0v) is 10.6. The molecule has 1 aromatic heterocycles. The lowest BCUT2D eigenvalue weighted by Crippen LogP contribution is -2.11. The maximum absolute atomic E-state index is 5.59. The summed E-state index contributed by atoms with van der Waals surface area (Å²) < 4.78 is 4.97. The number of anilines is 2. The lowest BCUT2D eigenvalue weighted by Gasteiger charge is -2.06. The van der Waals surface area contributed by atoms with E-state index in [1.807, 2.05) is 6.07 Å². The third-order valence-corrected chi connectivity index (χ3v) is 3.15. The molecule has 0 radical (unpaired) electrons. The Morgan fingerprint density at radius 2 is 2.00 bits per heavy atom. The summed E-state index contributed by atoms with van der Waals surface area (Å²) in [5.74, 6) is 1.13. The molecule has 0 amide bonds. The van der Waals surface area contributed by atoms with Gasteiger partial charge in [-0.05, 0) is 12.0 Å². The van der Waals surface area contributed by atoms with Crippen LogP contribution in [0.4, 0.5) is 11.9 Å². The number of hydrogen-bond donors (Lipinski definition) is 2. The van der Waals surface area contributed by atoms with Crippen molar-refractivity contribution in [2.75, 3.05) is 18.2 Å². The highest BCUT2D eigenvalue weighted by molar-refractivity contribution is 5.39. The van der Waals surface area contributed by atoms with Gasteiger partial charge in [0, 0.05) is 12.0 Å². The number of ether oxygens (including phenoxy) is 1. The van der Waals surface area contributed by atoms with E-state index in [1.165, 1.54) is 12.7 Å². The molecule has 3 N–H and O–H groups in total. The predicted octanol–water partition coefficient (Wildman–Crippen LogP) is 1.43. The number of benzene rings is 1. The van der Waals surface area contributed by atoms with Crippen LogP contribution in [-0.4, -0.2) is 28.1 Å². The Balaban J connectivity index is 1.69. The fourth-order valence-corrected chi connectivity index (χ4v) is 2.12. The van der Waals surface area contributed by atoms with Gasteiger partial charge in [0.2, 0.25) is 11.9 Å². The van der Waals surface area contributed by atoms with Crippen LogP contribution < -0.4 is 15.8 Å². The zero-order valence-electron chi connectivity index (χ0n) is 10.6. The van der Waals surface area contributed by atoms with E-state index < -0.39 is 0 Å². The first kappa shape index (κ1) is 11.7. The summed E-state index contributed by atoms with van der Waals surface area (Å²) in [6.45, 7) is 0. The fourth-order valence-electron chi connectivity index (χ4n) is 2.12. The van der Waals surface area contributed by atoms with Crippen LogP contribution in [0.1, 0.15) is 17.9 Å². The quantitative estimate of drug-likeness (QED) is 0.861. The van der Waals surface area contributed by atoms with E-state index in [9.17, 15) is 0 Å². The van der Waals surface area contributed by atoms with Crippen molar-refractivity contribution in [3.8, 4) is 6.01 Å². The summed E-state index contributed by atoms with van der Waals surface area (Å²) in [4.78, 5) is 12.0. The third-order valence-electron chi connectivity index (χ3n) is 3.15. The molecule has 0 saturated heterocycles. The number of methoxy groups -OCH3 is 1. The van der Waals surface area contributed by atoms with Gasteiger partial charge in [-0.2, -0.15) is 15.0 Å². The first-order chi connectivity index (χ1) is 9.26. The highest BCUT2D eigenvalue weighted by atomic mass is 16.5. The summed E-state index contributed by atoms with van der Waals surface area (Å²) in [5, 5.41) is 3.26.